The van der Waals surface area contributed by atoms with E-state index in [4.69, 9.17) is 18.9 Å². The summed E-state index contributed by atoms with van der Waals surface area (Å²) < 4.78 is 104. The first kappa shape index (κ1) is 34.0. The van der Waals surface area contributed by atoms with Crippen LogP contribution in [0.1, 0.15) is 53.7 Å². The van der Waals surface area contributed by atoms with Gasteiger partial charge < -0.3 is 24.3 Å². The first-order chi connectivity index (χ1) is 21.4. The van der Waals surface area contributed by atoms with Gasteiger partial charge >= 0.3 is 18.4 Å². The second-order valence-electron chi connectivity index (χ2n) is 10.5. The van der Waals surface area contributed by atoms with Crippen molar-refractivity contribution in [2.75, 3.05) is 19.8 Å². The first-order valence-corrected chi connectivity index (χ1v) is 14.2. The van der Waals surface area contributed by atoms with Crippen LogP contribution in [0.3, 0.4) is 0 Å². The summed E-state index contributed by atoms with van der Waals surface area (Å²) >= 11 is 0. The Morgan fingerprint density at radius 1 is 0.889 bits per heavy atom. The van der Waals surface area contributed by atoms with Crippen molar-refractivity contribution in [2.45, 2.75) is 56.7 Å². The molecule has 0 radical (unpaired) electrons. The summed E-state index contributed by atoms with van der Waals surface area (Å²) in [4.78, 5) is 13.2. The number of alkyl halides is 6. The number of halogens is 6. The summed E-state index contributed by atoms with van der Waals surface area (Å²) in [5.41, 5.74) is -3.43. The van der Waals surface area contributed by atoms with Crippen molar-refractivity contribution in [3.63, 3.8) is 0 Å². The number of benzene rings is 3. The third-order valence-corrected chi connectivity index (χ3v) is 7.09. The Morgan fingerprint density at radius 3 is 2.04 bits per heavy atom. The van der Waals surface area contributed by atoms with Crippen LogP contribution in [0.15, 0.2) is 91.0 Å². The highest BCUT2D eigenvalue weighted by Gasteiger charge is 2.38. The van der Waals surface area contributed by atoms with Gasteiger partial charge in [0.2, 0.25) is 0 Å². The molecule has 1 fully saturated rings. The fourth-order valence-electron chi connectivity index (χ4n) is 4.67. The minimum Gasteiger partial charge on any atom is -0.445 e. The van der Waals surface area contributed by atoms with Gasteiger partial charge in [0.05, 0.1) is 37.1 Å². The Balaban J connectivity index is 1.65. The lowest BCUT2D eigenvalue weighted by Gasteiger charge is -2.33. The van der Waals surface area contributed by atoms with Crippen LogP contribution in [0.25, 0.3) is 0 Å². The van der Waals surface area contributed by atoms with E-state index in [2.05, 4.69) is 5.32 Å². The minimum atomic E-state index is -5.01. The molecule has 0 aromatic heterocycles. The Kier molecular flexibility index (Phi) is 11.3. The molecule has 1 aliphatic rings. The smallest absolute Gasteiger partial charge is 0.416 e. The van der Waals surface area contributed by atoms with Crippen molar-refractivity contribution in [1.29, 1.82) is 0 Å². The topological polar surface area (TPSA) is 66.0 Å². The van der Waals surface area contributed by atoms with Gasteiger partial charge in [0.1, 0.15) is 12.1 Å². The molecule has 45 heavy (non-hydrogen) atoms. The molecular formula is C33H33F6NO5. The summed E-state index contributed by atoms with van der Waals surface area (Å²) in [6.07, 6.45) is -8.23. The standard InChI is InChI=1S/C33H33F6NO5/c1-23(25-18-27(32(34,35)36)20-28(19-25)33(37,38)39)45-22-31(26-12-6-3-7-13-26,15-8-14-29-42-16-9-17-43-29)40-30(41)44-21-24-10-4-2-5-11-24/h2-8,10-13,15,18-20,23,29H,9,14,16-17,21-22H2,1H3,(H,40,41)/b15-8+. The fraction of sp³-hybridized carbons (Fsp3) is 0.364. The number of nitrogens with one attached hydrogen (secondary N) is 1. The lowest BCUT2D eigenvalue weighted by molar-refractivity contribution is -0.175. The molecule has 12 heteroatoms. The number of alkyl carbamates (subject to hydrolysis) is 1. The van der Waals surface area contributed by atoms with E-state index in [0.717, 1.165) is 12.0 Å². The molecule has 0 spiro atoms. The molecule has 0 bridgehead atoms. The summed E-state index contributed by atoms with van der Waals surface area (Å²) in [6.45, 7) is 1.95. The second-order valence-corrected chi connectivity index (χ2v) is 10.5. The second kappa shape index (κ2) is 14.9. The first-order valence-electron chi connectivity index (χ1n) is 14.2. The van der Waals surface area contributed by atoms with Crippen LogP contribution in [0.2, 0.25) is 0 Å². The number of ether oxygens (including phenoxy) is 4. The molecule has 1 amide bonds. The zero-order valence-electron chi connectivity index (χ0n) is 24.4. The van der Waals surface area contributed by atoms with Crippen LogP contribution in [0, 0.1) is 0 Å². The lowest BCUT2D eigenvalue weighted by Crippen LogP contribution is -2.48. The molecule has 1 N–H and O–H groups in total. The number of hydrogen-bond donors (Lipinski definition) is 1. The van der Waals surface area contributed by atoms with Crippen molar-refractivity contribution >= 4 is 6.09 Å². The van der Waals surface area contributed by atoms with Gasteiger partial charge in [0.15, 0.2) is 6.29 Å². The average Bonchev–Trinajstić information content (AvgIpc) is 3.03. The predicted octanol–water partition coefficient (Wildman–Crippen LogP) is 8.33. The van der Waals surface area contributed by atoms with Crippen molar-refractivity contribution in [1.82, 2.24) is 5.32 Å². The summed E-state index contributed by atoms with van der Waals surface area (Å²) in [7, 11) is 0. The van der Waals surface area contributed by atoms with Gasteiger partial charge in [-0.05, 0) is 48.2 Å². The molecule has 0 saturated carbocycles. The Labute approximate surface area is 256 Å². The number of hydrogen-bond acceptors (Lipinski definition) is 5. The summed E-state index contributed by atoms with van der Waals surface area (Å²) in [5, 5.41) is 2.82. The fourth-order valence-corrected chi connectivity index (χ4v) is 4.67. The molecule has 242 valence electrons. The van der Waals surface area contributed by atoms with Crippen molar-refractivity contribution in [2.24, 2.45) is 0 Å². The molecule has 2 unspecified atom stereocenters. The van der Waals surface area contributed by atoms with Crippen LogP contribution in [-0.2, 0) is 43.4 Å². The molecule has 3 aromatic carbocycles. The molecule has 1 heterocycles. The van der Waals surface area contributed by atoms with E-state index in [-0.39, 0.29) is 24.8 Å². The zero-order chi connectivity index (χ0) is 32.5. The molecule has 1 saturated heterocycles. The average molecular weight is 638 g/mol. The van der Waals surface area contributed by atoms with E-state index in [0.29, 0.717) is 37.3 Å². The van der Waals surface area contributed by atoms with Crippen LogP contribution >= 0.6 is 0 Å². The molecule has 1 aliphatic heterocycles. The van der Waals surface area contributed by atoms with E-state index >= 15 is 0 Å². The van der Waals surface area contributed by atoms with Gasteiger partial charge in [-0.1, -0.05) is 72.8 Å². The van der Waals surface area contributed by atoms with Gasteiger partial charge in [0, 0.05) is 6.42 Å². The molecule has 3 aromatic rings. The Morgan fingerprint density at radius 2 is 1.47 bits per heavy atom. The normalized spacial score (nSPS) is 16.7. The highest BCUT2D eigenvalue weighted by Crippen LogP contribution is 2.38. The largest absolute Gasteiger partial charge is 0.445 e. The van der Waals surface area contributed by atoms with Gasteiger partial charge in [-0.3, -0.25) is 0 Å². The Hall–Kier alpha value is -3.87. The number of rotatable bonds is 11. The van der Waals surface area contributed by atoms with E-state index < -0.39 is 47.5 Å². The van der Waals surface area contributed by atoms with Crippen LogP contribution in [0.4, 0.5) is 31.1 Å². The molecular weight excluding hydrogens is 604 g/mol. The van der Waals surface area contributed by atoms with E-state index in [1.165, 1.54) is 6.92 Å². The SMILES string of the molecule is CC(OCC(/C=C/CC1OCCCO1)(NC(=O)OCc1ccccc1)c1ccccc1)c1cc(C(F)(F)F)cc(C(F)(F)F)c1. The van der Waals surface area contributed by atoms with Crippen molar-refractivity contribution in [3.05, 3.63) is 119 Å². The quantitative estimate of drug-likeness (QED) is 0.169. The molecule has 6 nitrogen and oxygen atoms in total. The predicted molar refractivity (Wildman–Crippen MR) is 153 cm³/mol. The third kappa shape index (κ3) is 9.81. The minimum absolute atomic E-state index is 0.0489. The van der Waals surface area contributed by atoms with Gasteiger partial charge in [0.25, 0.3) is 0 Å². The number of carbonyl (C=O) groups excluding carboxylic acids is 1. The van der Waals surface area contributed by atoms with Crippen molar-refractivity contribution in [3.8, 4) is 0 Å². The van der Waals surface area contributed by atoms with Crippen LogP contribution in [-0.4, -0.2) is 32.2 Å². The highest BCUT2D eigenvalue weighted by molar-refractivity contribution is 5.69. The maximum atomic E-state index is 13.5. The number of amides is 1. The van der Waals surface area contributed by atoms with E-state index in [1.807, 2.05) is 6.07 Å². The highest BCUT2D eigenvalue weighted by atomic mass is 19.4. The van der Waals surface area contributed by atoms with E-state index in [9.17, 15) is 31.1 Å². The van der Waals surface area contributed by atoms with Crippen LogP contribution in [0.5, 0.6) is 0 Å². The Bertz CT molecular complexity index is 1380. The maximum Gasteiger partial charge on any atom is 0.416 e. The summed E-state index contributed by atoms with van der Waals surface area (Å²) in [5.74, 6) is 0. The van der Waals surface area contributed by atoms with Gasteiger partial charge in [-0.25, -0.2) is 4.79 Å². The van der Waals surface area contributed by atoms with Gasteiger partial charge in [-0.15, -0.1) is 0 Å². The number of carbonyl (C=O) groups is 1. The van der Waals surface area contributed by atoms with Gasteiger partial charge in [-0.2, -0.15) is 26.3 Å². The monoisotopic (exact) mass is 637 g/mol. The zero-order valence-corrected chi connectivity index (χ0v) is 24.4. The molecule has 0 aliphatic carbocycles. The third-order valence-electron chi connectivity index (χ3n) is 7.09. The summed E-state index contributed by atoms with van der Waals surface area (Å²) in [6, 6.07) is 18.8. The van der Waals surface area contributed by atoms with Crippen LogP contribution < -0.4 is 5.32 Å². The lowest BCUT2D eigenvalue weighted by atomic mass is 9.89. The molecule has 4 rings (SSSR count). The molecule has 2 atom stereocenters. The maximum absolute atomic E-state index is 13.5. The van der Waals surface area contributed by atoms with E-state index in [1.54, 1.807) is 66.7 Å². The van der Waals surface area contributed by atoms with Crippen molar-refractivity contribution < 1.29 is 50.1 Å².